The highest BCUT2D eigenvalue weighted by molar-refractivity contribution is 5.68. The highest BCUT2D eigenvalue weighted by Crippen LogP contribution is 2.21. The van der Waals surface area contributed by atoms with Crippen molar-refractivity contribution in [2.45, 2.75) is 51.0 Å². The molecule has 4 rings (SSSR count). The first kappa shape index (κ1) is 24.0. The van der Waals surface area contributed by atoms with E-state index < -0.39 is 0 Å². The van der Waals surface area contributed by atoms with Crippen LogP contribution >= 0.6 is 0 Å². The minimum absolute atomic E-state index is 0.0525. The van der Waals surface area contributed by atoms with Crippen molar-refractivity contribution >= 4 is 12.2 Å². The third kappa shape index (κ3) is 6.00. The Morgan fingerprint density at radius 1 is 0.806 bits per heavy atom. The van der Waals surface area contributed by atoms with Gasteiger partial charge < -0.3 is 28.7 Å². The molecule has 0 aromatic rings. The number of piperazine rings is 2. The molecule has 2 amide bonds. The van der Waals surface area contributed by atoms with E-state index in [1.54, 1.807) is 9.80 Å². The summed E-state index contributed by atoms with van der Waals surface area (Å²) in [4.78, 5) is 31.6. The number of nitrogens with zero attached hydrogens (tertiary/aromatic N) is 4. The van der Waals surface area contributed by atoms with Gasteiger partial charge in [-0.25, -0.2) is 9.59 Å². The molecular formula is C21H38N4O6. The zero-order valence-corrected chi connectivity index (χ0v) is 19.5. The van der Waals surface area contributed by atoms with E-state index in [9.17, 15) is 9.59 Å². The number of hydrogen-bond donors (Lipinski definition) is 0. The maximum atomic E-state index is 11.8. The lowest BCUT2D eigenvalue weighted by molar-refractivity contribution is -0.0826. The van der Waals surface area contributed by atoms with Crippen LogP contribution in [0.4, 0.5) is 9.59 Å². The first-order chi connectivity index (χ1) is 14.8. The second-order valence-corrected chi connectivity index (χ2v) is 8.96. The van der Waals surface area contributed by atoms with E-state index in [1.807, 2.05) is 20.8 Å². The summed E-state index contributed by atoms with van der Waals surface area (Å²) in [6.07, 6.45) is -0.439. The minimum atomic E-state index is -0.194. The van der Waals surface area contributed by atoms with Crippen molar-refractivity contribution in [3.8, 4) is 0 Å². The molecule has 0 aromatic heterocycles. The molecule has 4 aliphatic heterocycles. The lowest BCUT2D eigenvalue weighted by Crippen LogP contribution is -2.64. The quantitative estimate of drug-likeness (QED) is 0.618. The van der Waals surface area contributed by atoms with Crippen molar-refractivity contribution in [2.75, 3.05) is 73.3 Å². The van der Waals surface area contributed by atoms with Gasteiger partial charge in [0.1, 0.15) is 0 Å². The molecule has 4 unspecified atom stereocenters. The number of carbonyl (C=O) groups is 2. The van der Waals surface area contributed by atoms with E-state index in [-0.39, 0.29) is 18.3 Å². The Hall–Kier alpha value is -1.62. The van der Waals surface area contributed by atoms with Crippen molar-refractivity contribution in [2.24, 2.45) is 0 Å². The lowest BCUT2D eigenvalue weighted by atomic mass is 10.1. The minimum Gasteiger partial charge on any atom is -0.450 e. The van der Waals surface area contributed by atoms with E-state index >= 15 is 0 Å². The van der Waals surface area contributed by atoms with Crippen LogP contribution in [0.1, 0.15) is 20.8 Å². The monoisotopic (exact) mass is 442 g/mol. The Balaban J connectivity index is 0.000000176. The summed E-state index contributed by atoms with van der Waals surface area (Å²) >= 11 is 0. The fourth-order valence-electron chi connectivity index (χ4n) is 4.43. The summed E-state index contributed by atoms with van der Waals surface area (Å²) in [5, 5.41) is 0. The third-order valence-corrected chi connectivity index (χ3v) is 6.39. The molecule has 0 N–H and O–H groups in total. The Labute approximate surface area is 185 Å². The second-order valence-electron chi connectivity index (χ2n) is 8.96. The van der Waals surface area contributed by atoms with Crippen molar-refractivity contribution in [1.82, 2.24) is 19.6 Å². The molecule has 0 saturated carbocycles. The number of morpholine rings is 2. The van der Waals surface area contributed by atoms with Crippen LogP contribution in [0, 0.1) is 0 Å². The molecule has 0 aromatic carbocycles. The van der Waals surface area contributed by atoms with Gasteiger partial charge in [-0.05, 0) is 34.9 Å². The molecule has 4 aliphatic rings. The average Bonchev–Trinajstić information content (AvgIpc) is 2.67. The van der Waals surface area contributed by atoms with Gasteiger partial charge in [-0.2, -0.15) is 0 Å². The summed E-state index contributed by atoms with van der Waals surface area (Å²) in [7, 11) is 4.20. The zero-order chi connectivity index (χ0) is 22.5. The van der Waals surface area contributed by atoms with Gasteiger partial charge in [-0.3, -0.25) is 9.80 Å². The molecule has 4 saturated heterocycles. The van der Waals surface area contributed by atoms with Crippen molar-refractivity contribution in [3.05, 3.63) is 0 Å². The molecule has 10 heteroatoms. The van der Waals surface area contributed by atoms with Gasteiger partial charge in [0.15, 0.2) is 0 Å². The Morgan fingerprint density at radius 3 is 1.55 bits per heavy atom. The number of fused-ring (bicyclic) bond motifs is 4. The molecule has 4 fully saturated rings. The van der Waals surface area contributed by atoms with Gasteiger partial charge in [-0.15, -0.1) is 0 Å². The standard InChI is InChI=1S/C11H20N2O3.C10H18N2O3/c1-8(2)16-11(14)13-4-9-6-15-7-10(5-13)12(9)3;1-3-15-10(13)12-4-8-6-14-7-9(5-12)11(8)2/h8-10H,4-7H2,1-3H3;8-9H,3-7H2,1-2H3. The number of rotatable bonds is 2. The molecule has 0 aliphatic carbocycles. The number of amides is 2. The first-order valence-electron chi connectivity index (χ1n) is 11.3. The summed E-state index contributed by atoms with van der Waals surface area (Å²) in [5.41, 5.74) is 0. The van der Waals surface area contributed by atoms with Crippen LogP contribution in [-0.2, 0) is 18.9 Å². The van der Waals surface area contributed by atoms with Crippen LogP contribution in [0.3, 0.4) is 0 Å². The van der Waals surface area contributed by atoms with Crippen LogP contribution in [0.2, 0.25) is 0 Å². The topological polar surface area (TPSA) is 84.0 Å². The molecule has 31 heavy (non-hydrogen) atoms. The van der Waals surface area contributed by atoms with Crippen molar-refractivity contribution in [3.63, 3.8) is 0 Å². The molecule has 4 bridgehead atoms. The van der Waals surface area contributed by atoms with Gasteiger partial charge in [0.2, 0.25) is 0 Å². The van der Waals surface area contributed by atoms with Crippen LogP contribution in [-0.4, -0.2) is 135 Å². The molecule has 10 nitrogen and oxygen atoms in total. The summed E-state index contributed by atoms with van der Waals surface area (Å²) in [5.74, 6) is 0. The number of carbonyl (C=O) groups excluding carboxylic acids is 2. The van der Waals surface area contributed by atoms with Gasteiger partial charge in [0, 0.05) is 26.2 Å². The van der Waals surface area contributed by atoms with Gasteiger partial charge in [0.05, 0.1) is 63.3 Å². The van der Waals surface area contributed by atoms with E-state index in [2.05, 4.69) is 23.9 Å². The molecule has 0 radical (unpaired) electrons. The smallest absolute Gasteiger partial charge is 0.410 e. The molecule has 178 valence electrons. The highest BCUT2D eigenvalue weighted by Gasteiger charge is 2.39. The molecule has 0 spiro atoms. The fraction of sp³-hybridized carbons (Fsp3) is 0.905. The summed E-state index contributed by atoms with van der Waals surface area (Å²) in [6, 6.07) is 1.27. The van der Waals surface area contributed by atoms with Crippen molar-refractivity contribution < 1.29 is 28.5 Å². The SMILES string of the molecule is CC(C)OC(=O)N1CC2COCC(C1)N2C.CCOC(=O)N1CC2COCC(C1)N2C. The summed E-state index contributed by atoms with van der Waals surface area (Å²) < 4.78 is 21.2. The maximum Gasteiger partial charge on any atom is 0.410 e. The van der Waals surface area contributed by atoms with Crippen LogP contribution < -0.4 is 0 Å². The van der Waals surface area contributed by atoms with E-state index in [0.717, 1.165) is 0 Å². The largest absolute Gasteiger partial charge is 0.450 e. The lowest BCUT2D eigenvalue weighted by Gasteiger charge is -2.47. The Morgan fingerprint density at radius 2 is 1.19 bits per heavy atom. The van der Waals surface area contributed by atoms with Crippen LogP contribution in [0.15, 0.2) is 0 Å². The van der Waals surface area contributed by atoms with Crippen molar-refractivity contribution in [1.29, 1.82) is 0 Å². The number of hydrogen-bond acceptors (Lipinski definition) is 8. The molecule has 4 heterocycles. The number of ether oxygens (including phenoxy) is 4. The van der Waals surface area contributed by atoms with Crippen LogP contribution in [0.5, 0.6) is 0 Å². The predicted octanol–water partition coefficient (Wildman–Crippen LogP) is 0.704. The maximum absolute atomic E-state index is 11.8. The second kappa shape index (κ2) is 10.8. The fourth-order valence-corrected chi connectivity index (χ4v) is 4.43. The van der Waals surface area contributed by atoms with E-state index in [0.29, 0.717) is 83.4 Å². The average molecular weight is 443 g/mol. The van der Waals surface area contributed by atoms with E-state index in [4.69, 9.17) is 18.9 Å². The predicted molar refractivity (Wildman–Crippen MR) is 114 cm³/mol. The number of likely N-dealkylation sites (N-methyl/N-ethyl adjacent to an activating group) is 2. The van der Waals surface area contributed by atoms with Gasteiger partial charge in [0.25, 0.3) is 0 Å². The zero-order valence-electron chi connectivity index (χ0n) is 19.5. The van der Waals surface area contributed by atoms with Gasteiger partial charge in [-0.1, -0.05) is 0 Å². The third-order valence-electron chi connectivity index (χ3n) is 6.39. The normalized spacial score (nSPS) is 31.0. The summed E-state index contributed by atoms with van der Waals surface area (Å²) in [6.45, 7) is 11.7. The molecule has 4 atom stereocenters. The van der Waals surface area contributed by atoms with Crippen LogP contribution in [0.25, 0.3) is 0 Å². The van der Waals surface area contributed by atoms with E-state index in [1.165, 1.54) is 0 Å². The first-order valence-corrected chi connectivity index (χ1v) is 11.3. The highest BCUT2D eigenvalue weighted by atomic mass is 16.6. The molecular weight excluding hydrogens is 404 g/mol. The Kier molecular flexibility index (Phi) is 8.37. The Bertz CT molecular complexity index is 593. The van der Waals surface area contributed by atoms with Gasteiger partial charge >= 0.3 is 12.2 Å².